The molecule has 1 aliphatic rings. The summed E-state index contributed by atoms with van der Waals surface area (Å²) in [7, 11) is 0. The number of ether oxygens (including phenoxy) is 1. The van der Waals surface area contributed by atoms with Crippen molar-refractivity contribution in [1.82, 2.24) is 0 Å². The number of hydrogen-bond donors (Lipinski definition) is 2. The first kappa shape index (κ1) is 14.2. The molecule has 1 aromatic rings. The van der Waals surface area contributed by atoms with Crippen molar-refractivity contribution in [1.29, 1.82) is 0 Å². The van der Waals surface area contributed by atoms with Crippen molar-refractivity contribution < 1.29 is 18.6 Å². The standard InChI is InChI=1S/C14H19F2NO2/c15-13(16)19-11-5-3-10(4-6-11)12(18)14(9-17)7-1-2-8-14/h3-6,12-13,18H,1-2,7-9,17H2. The van der Waals surface area contributed by atoms with Crippen LogP contribution in [0.1, 0.15) is 37.4 Å². The fourth-order valence-electron chi connectivity index (χ4n) is 2.85. The van der Waals surface area contributed by atoms with Gasteiger partial charge in [-0.05, 0) is 30.5 Å². The van der Waals surface area contributed by atoms with Gasteiger partial charge in [-0.3, -0.25) is 0 Å². The summed E-state index contributed by atoms with van der Waals surface area (Å²) in [6.07, 6.45) is 3.29. The Morgan fingerprint density at radius 3 is 2.26 bits per heavy atom. The third-order valence-corrected chi connectivity index (χ3v) is 4.01. The van der Waals surface area contributed by atoms with Crippen LogP contribution in [0.5, 0.6) is 5.75 Å². The number of halogens is 2. The van der Waals surface area contributed by atoms with Gasteiger partial charge in [0.2, 0.25) is 0 Å². The van der Waals surface area contributed by atoms with E-state index in [0.717, 1.165) is 25.7 Å². The predicted molar refractivity (Wildman–Crippen MR) is 68.0 cm³/mol. The van der Waals surface area contributed by atoms with Gasteiger partial charge < -0.3 is 15.6 Å². The van der Waals surface area contributed by atoms with Gasteiger partial charge in [-0.15, -0.1) is 0 Å². The highest BCUT2D eigenvalue weighted by Gasteiger charge is 2.40. The summed E-state index contributed by atoms with van der Waals surface area (Å²) in [5, 5.41) is 10.5. The largest absolute Gasteiger partial charge is 0.435 e. The molecule has 0 spiro atoms. The Labute approximate surface area is 111 Å². The van der Waals surface area contributed by atoms with Crippen molar-refractivity contribution in [2.24, 2.45) is 11.1 Å². The quantitative estimate of drug-likeness (QED) is 0.865. The maximum Gasteiger partial charge on any atom is 0.387 e. The van der Waals surface area contributed by atoms with E-state index in [0.29, 0.717) is 12.1 Å². The highest BCUT2D eigenvalue weighted by Crippen LogP contribution is 2.46. The van der Waals surface area contributed by atoms with Crippen LogP contribution in [0.4, 0.5) is 8.78 Å². The second-order valence-corrected chi connectivity index (χ2v) is 5.12. The molecule has 0 saturated heterocycles. The molecule has 1 saturated carbocycles. The summed E-state index contributed by atoms with van der Waals surface area (Å²) in [5.74, 6) is 0.0965. The van der Waals surface area contributed by atoms with Gasteiger partial charge in [0.05, 0.1) is 6.10 Å². The number of hydrogen-bond acceptors (Lipinski definition) is 3. The minimum atomic E-state index is -2.83. The average Bonchev–Trinajstić information content (AvgIpc) is 2.88. The Bertz CT molecular complexity index is 402. The van der Waals surface area contributed by atoms with E-state index >= 15 is 0 Å². The van der Waals surface area contributed by atoms with E-state index in [2.05, 4.69) is 4.74 Å². The van der Waals surface area contributed by atoms with Gasteiger partial charge >= 0.3 is 6.61 Å². The molecule has 5 heteroatoms. The van der Waals surface area contributed by atoms with E-state index in [1.807, 2.05) is 0 Å². The topological polar surface area (TPSA) is 55.5 Å². The van der Waals surface area contributed by atoms with Crippen LogP contribution in [0.2, 0.25) is 0 Å². The van der Waals surface area contributed by atoms with Crippen molar-refractivity contribution in [3.8, 4) is 5.75 Å². The number of aliphatic hydroxyl groups excluding tert-OH is 1. The first-order valence-electron chi connectivity index (χ1n) is 6.50. The molecule has 0 aliphatic heterocycles. The number of benzene rings is 1. The van der Waals surface area contributed by atoms with Gasteiger partial charge in [0.1, 0.15) is 5.75 Å². The van der Waals surface area contributed by atoms with Crippen LogP contribution in [0.3, 0.4) is 0 Å². The Morgan fingerprint density at radius 1 is 1.21 bits per heavy atom. The summed E-state index contributed by atoms with van der Waals surface area (Å²) in [4.78, 5) is 0. The molecule has 0 heterocycles. The second-order valence-electron chi connectivity index (χ2n) is 5.12. The zero-order chi connectivity index (χ0) is 13.9. The van der Waals surface area contributed by atoms with Crippen molar-refractivity contribution in [3.63, 3.8) is 0 Å². The number of aliphatic hydroxyl groups is 1. The molecule has 0 bridgehead atoms. The predicted octanol–water partition coefficient (Wildman–Crippen LogP) is 2.84. The van der Waals surface area contributed by atoms with E-state index < -0.39 is 12.7 Å². The van der Waals surface area contributed by atoms with Crippen LogP contribution < -0.4 is 10.5 Å². The lowest BCUT2D eigenvalue weighted by Crippen LogP contribution is -2.34. The van der Waals surface area contributed by atoms with Crippen molar-refractivity contribution in [3.05, 3.63) is 29.8 Å². The van der Waals surface area contributed by atoms with Gasteiger partial charge in [0.15, 0.2) is 0 Å². The first-order valence-corrected chi connectivity index (χ1v) is 6.50. The summed E-state index contributed by atoms with van der Waals surface area (Å²) in [5.41, 5.74) is 6.25. The SMILES string of the molecule is NCC1(C(O)c2ccc(OC(F)F)cc2)CCCC1. The molecule has 0 amide bonds. The highest BCUT2D eigenvalue weighted by atomic mass is 19.3. The van der Waals surface area contributed by atoms with Gasteiger partial charge in [0.25, 0.3) is 0 Å². The Hall–Kier alpha value is -1.20. The van der Waals surface area contributed by atoms with Crippen LogP contribution in [0.25, 0.3) is 0 Å². The lowest BCUT2D eigenvalue weighted by atomic mass is 9.77. The third-order valence-electron chi connectivity index (χ3n) is 4.01. The molecule has 3 nitrogen and oxygen atoms in total. The van der Waals surface area contributed by atoms with Crippen LogP contribution in [-0.4, -0.2) is 18.3 Å². The molecule has 1 fully saturated rings. The fourth-order valence-corrected chi connectivity index (χ4v) is 2.85. The van der Waals surface area contributed by atoms with E-state index in [9.17, 15) is 13.9 Å². The van der Waals surface area contributed by atoms with Crippen LogP contribution in [0, 0.1) is 5.41 Å². The molecule has 2 rings (SSSR count). The van der Waals surface area contributed by atoms with Crippen molar-refractivity contribution in [2.45, 2.75) is 38.4 Å². The van der Waals surface area contributed by atoms with E-state index in [1.54, 1.807) is 12.1 Å². The number of rotatable bonds is 5. The molecule has 106 valence electrons. The van der Waals surface area contributed by atoms with Gasteiger partial charge in [0, 0.05) is 12.0 Å². The summed E-state index contributed by atoms with van der Waals surface area (Å²) >= 11 is 0. The molecule has 1 atom stereocenters. The van der Waals surface area contributed by atoms with Crippen molar-refractivity contribution in [2.75, 3.05) is 6.54 Å². The van der Waals surface area contributed by atoms with E-state index in [-0.39, 0.29) is 11.2 Å². The molecule has 1 aliphatic carbocycles. The maximum atomic E-state index is 12.1. The fraction of sp³-hybridized carbons (Fsp3) is 0.571. The number of alkyl halides is 2. The average molecular weight is 271 g/mol. The molecule has 3 N–H and O–H groups in total. The highest BCUT2D eigenvalue weighted by molar-refractivity contribution is 5.29. The zero-order valence-electron chi connectivity index (χ0n) is 10.7. The van der Waals surface area contributed by atoms with Gasteiger partial charge in [-0.2, -0.15) is 8.78 Å². The first-order chi connectivity index (χ1) is 9.07. The van der Waals surface area contributed by atoms with Crippen LogP contribution in [0.15, 0.2) is 24.3 Å². The van der Waals surface area contributed by atoms with E-state index in [4.69, 9.17) is 5.73 Å². The molecule has 0 radical (unpaired) electrons. The molecule has 1 unspecified atom stereocenters. The third kappa shape index (κ3) is 3.04. The Kier molecular flexibility index (Phi) is 4.37. The second kappa shape index (κ2) is 5.84. The van der Waals surface area contributed by atoms with Crippen LogP contribution >= 0.6 is 0 Å². The Morgan fingerprint density at radius 2 is 1.79 bits per heavy atom. The summed E-state index contributed by atoms with van der Waals surface area (Å²) in [6, 6.07) is 6.14. The van der Waals surface area contributed by atoms with Gasteiger partial charge in [-0.25, -0.2) is 0 Å². The smallest absolute Gasteiger partial charge is 0.387 e. The van der Waals surface area contributed by atoms with E-state index in [1.165, 1.54) is 12.1 Å². The normalized spacial score (nSPS) is 19.6. The molecule has 1 aromatic carbocycles. The molecular formula is C14H19F2NO2. The minimum absolute atomic E-state index is 0.0965. The summed E-state index contributed by atoms with van der Waals surface area (Å²) < 4.78 is 28.4. The lowest BCUT2D eigenvalue weighted by molar-refractivity contribution is -0.0499. The minimum Gasteiger partial charge on any atom is -0.435 e. The van der Waals surface area contributed by atoms with Crippen molar-refractivity contribution >= 4 is 0 Å². The molecule has 19 heavy (non-hydrogen) atoms. The monoisotopic (exact) mass is 271 g/mol. The molecule has 0 aromatic heterocycles. The lowest BCUT2D eigenvalue weighted by Gasteiger charge is -2.33. The number of nitrogens with two attached hydrogens (primary N) is 1. The molecular weight excluding hydrogens is 252 g/mol. The van der Waals surface area contributed by atoms with Crippen LogP contribution in [-0.2, 0) is 0 Å². The Balaban J connectivity index is 2.12. The maximum absolute atomic E-state index is 12.1. The zero-order valence-corrected chi connectivity index (χ0v) is 10.7. The van der Waals surface area contributed by atoms with Gasteiger partial charge in [-0.1, -0.05) is 25.0 Å². The summed E-state index contributed by atoms with van der Waals surface area (Å²) in [6.45, 7) is -2.40.